The van der Waals surface area contributed by atoms with Crippen LogP contribution in [0.25, 0.3) is 10.9 Å². The van der Waals surface area contributed by atoms with Gasteiger partial charge in [-0.1, -0.05) is 32.9 Å². The lowest BCUT2D eigenvalue weighted by Crippen LogP contribution is -2.26. The molecule has 0 amide bonds. The smallest absolute Gasteiger partial charge is 0.229 e. The Hall–Kier alpha value is -2.62. The van der Waals surface area contributed by atoms with Crippen molar-refractivity contribution < 1.29 is 18.3 Å². The van der Waals surface area contributed by atoms with Crippen LogP contribution in [0.3, 0.4) is 0 Å². The number of aliphatic hydroxyl groups excluding tert-OH is 1. The first kappa shape index (κ1) is 23.1. The Morgan fingerprint density at radius 1 is 1.19 bits per heavy atom. The second-order valence-electron chi connectivity index (χ2n) is 8.60. The number of ether oxygens (including phenoxy) is 1. The Morgan fingerprint density at radius 3 is 2.68 bits per heavy atom. The van der Waals surface area contributed by atoms with E-state index >= 15 is 0 Å². The summed E-state index contributed by atoms with van der Waals surface area (Å²) in [6, 6.07) is 12.6. The van der Waals surface area contributed by atoms with E-state index < -0.39 is 16.1 Å². The van der Waals surface area contributed by atoms with Crippen LogP contribution >= 0.6 is 0 Å². The largest absolute Gasteiger partial charge is 0.492 e. The number of nitrogens with one attached hydrogen (secondary N) is 3. The van der Waals surface area contributed by atoms with Crippen LogP contribution in [0.2, 0.25) is 0 Å². The van der Waals surface area contributed by atoms with E-state index in [-0.39, 0.29) is 5.41 Å². The number of benzene rings is 2. The molecule has 1 atom stereocenters. The number of sulfonamides is 1. The first-order valence-electron chi connectivity index (χ1n) is 10.1. The van der Waals surface area contributed by atoms with Crippen LogP contribution in [0.5, 0.6) is 5.75 Å². The van der Waals surface area contributed by atoms with Gasteiger partial charge < -0.3 is 15.2 Å². The summed E-state index contributed by atoms with van der Waals surface area (Å²) in [6.45, 7) is 7.72. The number of H-pyrrole nitrogens is 1. The summed E-state index contributed by atoms with van der Waals surface area (Å²) in [5.74, 6) is 0.737. The number of rotatable bonds is 9. The summed E-state index contributed by atoms with van der Waals surface area (Å²) < 4.78 is 30.9. The average molecular weight is 447 g/mol. The minimum Gasteiger partial charge on any atom is -0.492 e. The second-order valence-corrected chi connectivity index (χ2v) is 10.3. The van der Waals surface area contributed by atoms with Crippen molar-refractivity contribution in [3.05, 3.63) is 53.7 Å². The Morgan fingerprint density at radius 2 is 1.97 bits per heavy atom. The van der Waals surface area contributed by atoms with Crippen LogP contribution in [0.1, 0.15) is 38.1 Å². The van der Waals surface area contributed by atoms with Crippen LogP contribution in [0.15, 0.2) is 42.5 Å². The third-order valence-electron chi connectivity index (χ3n) is 4.74. The van der Waals surface area contributed by atoms with E-state index in [1.54, 1.807) is 24.3 Å². The molecule has 31 heavy (non-hydrogen) atoms. The summed E-state index contributed by atoms with van der Waals surface area (Å²) in [4.78, 5) is 0. The molecule has 0 aliphatic heterocycles. The van der Waals surface area contributed by atoms with Gasteiger partial charge in [0.15, 0.2) is 0 Å². The summed E-state index contributed by atoms with van der Waals surface area (Å²) in [5.41, 5.74) is 3.00. The topological polar surface area (TPSA) is 116 Å². The number of anilines is 1. The van der Waals surface area contributed by atoms with E-state index in [0.29, 0.717) is 30.9 Å². The van der Waals surface area contributed by atoms with E-state index in [1.165, 1.54) is 0 Å². The minimum atomic E-state index is -3.36. The van der Waals surface area contributed by atoms with Crippen LogP contribution in [0.4, 0.5) is 5.69 Å². The molecular formula is C22H30N4O4S. The van der Waals surface area contributed by atoms with E-state index in [1.807, 2.05) is 18.2 Å². The molecule has 1 aromatic heterocycles. The number of nitrogens with zero attached hydrogens (tertiary/aromatic N) is 1. The zero-order valence-corrected chi connectivity index (χ0v) is 19.1. The number of aromatic nitrogens is 2. The predicted molar refractivity (Wildman–Crippen MR) is 123 cm³/mol. The molecule has 0 radical (unpaired) electrons. The molecule has 3 rings (SSSR count). The maximum absolute atomic E-state index is 11.4. The zero-order chi connectivity index (χ0) is 22.6. The van der Waals surface area contributed by atoms with Gasteiger partial charge in [-0.05, 0) is 29.8 Å². The van der Waals surface area contributed by atoms with Crippen molar-refractivity contribution in [2.24, 2.45) is 0 Å². The Labute approximate surface area is 183 Å². The standard InChI is InChI=1S/C22H30N4O4S/c1-22(2,3)21-18-9-8-17(13-19(18)24-25-21)30-11-10-23-14-20(27)15-6-5-7-16(12-15)26-31(4,28)29/h5-9,12-13,20,23,26-27H,10-11,14H2,1-4H3,(H,24,25)/t20-/m0/s1. The highest BCUT2D eigenvalue weighted by Crippen LogP contribution is 2.29. The molecule has 168 valence electrons. The number of hydrogen-bond donors (Lipinski definition) is 4. The second kappa shape index (κ2) is 9.25. The van der Waals surface area contributed by atoms with Crippen molar-refractivity contribution in [1.82, 2.24) is 15.5 Å². The van der Waals surface area contributed by atoms with Crippen LogP contribution in [-0.4, -0.2) is 49.7 Å². The van der Waals surface area contributed by atoms with Gasteiger partial charge in [0.1, 0.15) is 12.4 Å². The van der Waals surface area contributed by atoms with Crippen LogP contribution in [0, 0.1) is 0 Å². The molecule has 3 aromatic rings. The monoisotopic (exact) mass is 446 g/mol. The molecule has 0 fully saturated rings. The quantitative estimate of drug-likeness (QED) is 0.376. The average Bonchev–Trinajstić information content (AvgIpc) is 3.10. The van der Waals surface area contributed by atoms with Gasteiger partial charge in [-0.15, -0.1) is 0 Å². The fourth-order valence-corrected chi connectivity index (χ4v) is 3.83. The first-order chi connectivity index (χ1) is 14.5. The van der Waals surface area contributed by atoms with Gasteiger partial charge >= 0.3 is 0 Å². The van der Waals surface area contributed by atoms with Crippen LogP contribution < -0.4 is 14.8 Å². The van der Waals surface area contributed by atoms with Crippen molar-refractivity contribution in [3.63, 3.8) is 0 Å². The fraction of sp³-hybridized carbons (Fsp3) is 0.409. The van der Waals surface area contributed by atoms with Crippen molar-refractivity contribution in [3.8, 4) is 5.75 Å². The lowest BCUT2D eigenvalue weighted by atomic mass is 9.90. The maximum atomic E-state index is 11.4. The highest BCUT2D eigenvalue weighted by molar-refractivity contribution is 7.92. The van der Waals surface area contributed by atoms with E-state index in [9.17, 15) is 13.5 Å². The van der Waals surface area contributed by atoms with Crippen molar-refractivity contribution in [2.75, 3.05) is 30.7 Å². The molecule has 0 saturated carbocycles. The summed E-state index contributed by atoms with van der Waals surface area (Å²) >= 11 is 0. The lowest BCUT2D eigenvalue weighted by Gasteiger charge is -2.16. The minimum absolute atomic E-state index is 0.0117. The van der Waals surface area contributed by atoms with E-state index in [4.69, 9.17) is 4.74 Å². The van der Waals surface area contributed by atoms with Gasteiger partial charge in [0.25, 0.3) is 0 Å². The molecule has 0 saturated heterocycles. The summed E-state index contributed by atoms with van der Waals surface area (Å²) in [6.07, 6.45) is 0.322. The summed E-state index contributed by atoms with van der Waals surface area (Å²) in [5, 5.41) is 22.1. The zero-order valence-electron chi connectivity index (χ0n) is 18.3. The number of hydrogen-bond acceptors (Lipinski definition) is 6. The highest BCUT2D eigenvalue weighted by Gasteiger charge is 2.19. The Balaban J connectivity index is 1.47. The molecule has 0 aliphatic carbocycles. The highest BCUT2D eigenvalue weighted by atomic mass is 32.2. The molecule has 0 bridgehead atoms. The van der Waals surface area contributed by atoms with Gasteiger partial charge in [-0.2, -0.15) is 5.10 Å². The molecule has 2 aromatic carbocycles. The first-order valence-corrected chi connectivity index (χ1v) is 12.0. The molecule has 8 nitrogen and oxygen atoms in total. The van der Waals surface area contributed by atoms with Gasteiger partial charge in [-0.25, -0.2) is 8.42 Å². The molecule has 0 spiro atoms. The maximum Gasteiger partial charge on any atom is 0.229 e. The third-order valence-corrected chi connectivity index (χ3v) is 5.34. The predicted octanol–water partition coefficient (Wildman–Crippen LogP) is 2.93. The van der Waals surface area contributed by atoms with Crippen molar-refractivity contribution in [1.29, 1.82) is 0 Å². The van der Waals surface area contributed by atoms with Gasteiger partial charge in [0, 0.05) is 41.3 Å². The van der Waals surface area contributed by atoms with E-state index in [2.05, 4.69) is 41.0 Å². The van der Waals surface area contributed by atoms with Gasteiger partial charge in [-0.3, -0.25) is 9.82 Å². The molecule has 0 unspecified atom stereocenters. The number of aromatic amines is 1. The molecule has 9 heteroatoms. The lowest BCUT2D eigenvalue weighted by molar-refractivity contribution is 0.172. The Bertz CT molecular complexity index is 1140. The SMILES string of the molecule is CC(C)(C)c1[nH]nc2cc(OCCNC[C@H](O)c3cccc(NS(C)(=O)=O)c3)ccc12. The number of fused-ring (bicyclic) bond motifs is 1. The van der Waals surface area contributed by atoms with Gasteiger partial charge in [0.2, 0.25) is 10.0 Å². The number of aliphatic hydroxyl groups is 1. The van der Waals surface area contributed by atoms with Crippen molar-refractivity contribution >= 4 is 26.6 Å². The van der Waals surface area contributed by atoms with Crippen LogP contribution in [-0.2, 0) is 15.4 Å². The molecule has 0 aliphatic rings. The van der Waals surface area contributed by atoms with Gasteiger partial charge in [0.05, 0.1) is 17.9 Å². The Kier molecular flexibility index (Phi) is 6.88. The molecular weight excluding hydrogens is 416 g/mol. The van der Waals surface area contributed by atoms with Crippen molar-refractivity contribution in [2.45, 2.75) is 32.3 Å². The third kappa shape index (κ3) is 6.43. The molecule has 1 heterocycles. The summed E-state index contributed by atoms with van der Waals surface area (Å²) in [7, 11) is -3.36. The normalized spacial score (nSPS) is 13.3. The fourth-order valence-electron chi connectivity index (χ4n) is 3.27. The van der Waals surface area contributed by atoms with E-state index in [0.717, 1.165) is 28.6 Å². The molecule has 4 N–H and O–H groups in total.